The summed E-state index contributed by atoms with van der Waals surface area (Å²) in [5.41, 5.74) is 1.30. The van der Waals surface area contributed by atoms with Crippen LogP contribution >= 0.6 is 0 Å². The summed E-state index contributed by atoms with van der Waals surface area (Å²) in [4.78, 5) is 17.9. The average Bonchev–Trinajstić information content (AvgIpc) is 3.23. The Morgan fingerprint density at radius 1 is 1.00 bits per heavy atom. The van der Waals surface area contributed by atoms with Gasteiger partial charge in [-0.05, 0) is 50.8 Å². The average molecular weight is 327 g/mol. The minimum absolute atomic E-state index is 0.0582. The Morgan fingerprint density at radius 3 is 2.75 bits per heavy atom. The first-order valence-electron chi connectivity index (χ1n) is 9.64. The summed E-state index contributed by atoms with van der Waals surface area (Å²) in [7, 11) is 0. The topological polar surface area (TPSA) is 35.6 Å². The summed E-state index contributed by atoms with van der Waals surface area (Å²) in [6.07, 6.45) is 7.15. The molecular formula is C20H29N3O. The molecule has 0 aliphatic carbocycles. The number of hydrogen-bond donors (Lipinski definition) is 1. The zero-order chi connectivity index (χ0) is 16.4. The van der Waals surface area contributed by atoms with Crippen LogP contribution in [0.2, 0.25) is 0 Å². The number of carbonyl (C=O) groups is 1. The van der Waals surface area contributed by atoms with E-state index in [1.54, 1.807) is 0 Å². The Hall–Kier alpha value is -1.39. The standard InChI is InChI=1S/C20H29N3O/c24-20(21-17-11-14-22-12-5-4-9-18(17)22)19-10-6-13-23(19)15-16-7-2-1-3-8-16/h1-3,7-8,17-19H,4-6,9-15H2,(H,21,24). The SMILES string of the molecule is O=C(NC1CCN2CCCCC12)C1CCCN1Cc1ccccc1. The van der Waals surface area contributed by atoms with Crippen LogP contribution in [-0.4, -0.2) is 53.5 Å². The molecule has 4 nitrogen and oxygen atoms in total. The van der Waals surface area contributed by atoms with Crippen LogP contribution in [0.15, 0.2) is 30.3 Å². The van der Waals surface area contributed by atoms with E-state index in [2.05, 4.69) is 39.4 Å². The maximum Gasteiger partial charge on any atom is 0.237 e. The molecule has 3 heterocycles. The molecule has 0 bridgehead atoms. The van der Waals surface area contributed by atoms with Gasteiger partial charge in [0.2, 0.25) is 5.91 Å². The van der Waals surface area contributed by atoms with Crippen molar-refractivity contribution < 1.29 is 4.79 Å². The molecular weight excluding hydrogens is 298 g/mol. The van der Waals surface area contributed by atoms with Crippen LogP contribution in [0.4, 0.5) is 0 Å². The third-order valence-corrected chi connectivity index (χ3v) is 6.08. The molecule has 130 valence electrons. The van der Waals surface area contributed by atoms with Crippen LogP contribution in [-0.2, 0) is 11.3 Å². The normalized spacial score (nSPS) is 31.1. The Bertz CT molecular complexity index is 561. The third kappa shape index (κ3) is 3.35. The van der Waals surface area contributed by atoms with Crippen LogP contribution in [0, 0.1) is 0 Å². The number of carbonyl (C=O) groups excluding carboxylic acids is 1. The second kappa shape index (κ2) is 7.24. The van der Waals surface area contributed by atoms with Crippen LogP contribution in [0.1, 0.15) is 44.1 Å². The largest absolute Gasteiger partial charge is 0.350 e. The second-order valence-electron chi connectivity index (χ2n) is 7.62. The van der Waals surface area contributed by atoms with E-state index < -0.39 is 0 Å². The lowest BCUT2D eigenvalue weighted by Gasteiger charge is -2.33. The van der Waals surface area contributed by atoms with Gasteiger partial charge in [-0.3, -0.25) is 14.6 Å². The molecule has 1 amide bonds. The fourth-order valence-corrected chi connectivity index (χ4v) is 4.82. The van der Waals surface area contributed by atoms with E-state index >= 15 is 0 Å². The van der Waals surface area contributed by atoms with Gasteiger partial charge in [-0.1, -0.05) is 36.8 Å². The van der Waals surface area contributed by atoms with Gasteiger partial charge in [0.15, 0.2) is 0 Å². The van der Waals surface area contributed by atoms with E-state index in [0.29, 0.717) is 12.1 Å². The highest BCUT2D eigenvalue weighted by Crippen LogP contribution is 2.28. The van der Waals surface area contributed by atoms with Crippen molar-refractivity contribution in [1.29, 1.82) is 0 Å². The Morgan fingerprint density at radius 2 is 1.88 bits per heavy atom. The second-order valence-corrected chi connectivity index (χ2v) is 7.62. The molecule has 0 aromatic heterocycles. The number of benzene rings is 1. The molecule has 3 unspecified atom stereocenters. The summed E-state index contributed by atoms with van der Waals surface area (Å²) in [6.45, 7) is 4.31. The Labute approximate surface area is 145 Å². The highest BCUT2D eigenvalue weighted by atomic mass is 16.2. The fourth-order valence-electron chi connectivity index (χ4n) is 4.82. The van der Waals surface area contributed by atoms with Gasteiger partial charge < -0.3 is 5.32 Å². The quantitative estimate of drug-likeness (QED) is 0.922. The van der Waals surface area contributed by atoms with Crippen molar-refractivity contribution in [1.82, 2.24) is 15.1 Å². The number of nitrogens with zero attached hydrogens (tertiary/aromatic N) is 2. The van der Waals surface area contributed by atoms with E-state index in [9.17, 15) is 4.79 Å². The number of nitrogens with one attached hydrogen (secondary N) is 1. The number of piperidine rings is 1. The van der Waals surface area contributed by atoms with E-state index in [1.165, 1.54) is 31.4 Å². The van der Waals surface area contributed by atoms with Gasteiger partial charge in [0, 0.05) is 25.2 Å². The number of hydrogen-bond acceptors (Lipinski definition) is 3. The third-order valence-electron chi connectivity index (χ3n) is 6.08. The summed E-state index contributed by atoms with van der Waals surface area (Å²) >= 11 is 0. The van der Waals surface area contributed by atoms with Gasteiger partial charge >= 0.3 is 0 Å². The molecule has 3 fully saturated rings. The minimum Gasteiger partial charge on any atom is -0.350 e. The van der Waals surface area contributed by atoms with E-state index in [4.69, 9.17) is 0 Å². The summed E-state index contributed by atoms with van der Waals surface area (Å²) < 4.78 is 0. The van der Waals surface area contributed by atoms with Crippen LogP contribution in [0.5, 0.6) is 0 Å². The Kier molecular flexibility index (Phi) is 4.86. The van der Waals surface area contributed by atoms with Crippen molar-refractivity contribution >= 4 is 5.91 Å². The molecule has 0 spiro atoms. The molecule has 1 aromatic carbocycles. The van der Waals surface area contributed by atoms with E-state index in [1.807, 2.05) is 6.07 Å². The maximum absolute atomic E-state index is 12.9. The van der Waals surface area contributed by atoms with Crippen molar-refractivity contribution in [2.24, 2.45) is 0 Å². The molecule has 3 aliphatic rings. The minimum atomic E-state index is 0.0582. The molecule has 3 saturated heterocycles. The van der Waals surface area contributed by atoms with Crippen LogP contribution in [0.25, 0.3) is 0 Å². The van der Waals surface area contributed by atoms with Crippen molar-refractivity contribution in [3.05, 3.63) is 35.9 Å². The van der Waals surface area contributed by atoms with Crippen molar-refractivity contribution in [3.8, 4) is 0 Å². The van der Waals surface area contributed by atoms with Gasteiger partial charge in [0.1, 0.15) is 0 Å². The van der Waals surface area contributed by atoms with E-state index in [-0.39, 0.29) is 11.9 Å². The first kappa shape index (κ1) is 16.1. The highest BCUT2D eigenvalue weighted by Gasteiger charge is 2.38. The predicted molar refractivity (Wildman–Crippen MR) is 95.6 cm³/mol. The molecule has 24 heavy (non-hydrogen) atoms. The molecule has 3 atom stereocenters. The van der Waals surface area contributed by atoms with Gasteiger partial charge in [0.05, 0.1) is 6.04 Å². The van der Waals surface area contributed by atoms with Crippen molar-refractivity contribution in [2.45, 2.75) is 63.2 Å². The summed E-state index contributed by atoms with van der Waals surface area (Å²) in [6, 6.07) is 11.5. The van der Waals surface area contributed by atoms with Gasteiger partial charge in [-0.15, -0.1) is 0 Å². The zero-order valence-corrected chi connectivity index (χ0v) is 14.5. The van der Waals surface area contributed by atoms with Crippen molar-refractivity contribution in [3.63, 3.8) is 0 Å². The molecule has 0 saturated carbocycles. The molecule has 1 aromatic rings. The number of fused-ring (bicyclic) bond motifs is 1. The van der Waals surface area contributed by atoms with Gasteiger partial charge in [-0.2, -0.15) is 0 Å². The fraction of sp³-hybridized carbons (Fsp3) is 0.650. The lowest BCUT2D eigenvalue weighted by molar-refractivity contribution is -0.126. The van der Waals surface area contributed by atoms with Crippen LogP contribution < -0.4 is 5.32 Å². The maximum atomic E-state index is 12.9. The lowest BCUT2D eigenvalue weighted by atomic mass is 9.98. The monoisotopic (exact) mass is 327 g/mol. The molecule has 1 N–H and O–H groups in total. The number of likely N-dealkylation sites (tertiary alicyclic amines) is 1. The molecule has 4 rings (SSSR count). The van der Waals surface area contributed by atoms with Crippen LogP contribution in [0.3, 0.4) is 0 Å². The predicted octanol–water partition coefficient (Wildman–Crippen LogP) is 2.39. The highest BCUT2D eigenvalue weighted by molar-refractivity contribution is 5.82. The van der Waals surface area contributed by atoms with E-state index in [0.717, 1.165) is 38.9 Å². The van der Waals surface area contributed by atoms with Gasteiger partial charge in [-0.25, -0.2) is 0 Å². The van der Waals surface area contributed by atoms with Crippen molar-refractivity contribution in [2.75, 3.05) is 19.6 Å². The molecule has 3 aliphatic heterocycles. The smallest absolute Gasteiger partial charge is 0.237 e. The Balaban J connectivity index is 1.36. The zero-order valence-electron chi connectivity index (χ0n) is 14.5. The first-order chi connectivity index (χ1) is 11.8. The summed E-state index contributed by atoms with van der Waals surface area (Å²) in [5, 5.41) is 3.41. The first-order valence-corrected chi connectivity index (χ1v) is 9.64. The lowest BCUT2D eigenvalue weighted by Crippen LogP contribution is -2.51. The van der Waals surface area contributed by atoms with Gasteiger partial charge in [0.25, 0.3) is 0 Å². The summed E-state index contributed by atoms with van der Waals surface area (Å²) in [5.74, 6) is 0.265. The number of rotatable bonds is 4. The molecule has 0 radical (unpaired) electrons. The number of amides is 1. The molecule has 4 heteroatoms.